The molecule has 0 aliphatic carbocycles. The molecule has 1 fully saturated rings. The van der Waals surface area contributed by atoms with Gasteiger partial charge in [-0.1, -0.05) is 0 Å². The maximum absolute atomic E-state index is 11.8. The van der Waals surface area contributed by atoms with Crippen LogP contribution in [0, 0.1) is 0 Å². The second-order valence-electron chi connectivity index (χ2n) is 5.38. The van der Waals surface area contributed by atoms with Crippen LogP contribution in [0.2, 0.25) is 0 Å². The summed E-state index contributed by atoms with van der Waals surface area (Å²) in [5, 5.41) is 22.8. The van der Waals surface area contributed by atoms with Crippen molar-refractivity contribution < 1.29 is 24.6 Å². The van der Waals surface area contributed by atoms with E-state index >= 15 is 0 Å². The molecule has 8 heteroatoms. The fourth-order valence-electron chi connectivity index (χ4n) is 1.97. The smallest absolute Gasteiger partial charge is 0.337 e. The van der Waals surface area contributed by atoms with E-state index in [9.17, 15) is 19.5 Å². The number of carbonyl (C=O) groups is 3. The number of hydrogen-bond donors (Lipinski definition) is 4. The zero-order chi connectivity index (χ0) is 15.9. The molecule has 1 aliphatic rings. The Hall–Kier alpha value is -1.83. The van der Waals surface area contributed by atoms with Gasteiger partial charge in [0, 0.05) is 26.1 Å². The number of nitrogens with one attached hydrogen (secondary N) is 2. The summed E-state index contributed by atoms with van der Waals surface area (Å²) in [5.74, 6) is -1.41. The molecule has 1 heterocycles. The molecule has 0 aromatic rings. The van der Waals surface area contributed by atoms with E-state index in [0.29, 0.717) is 0 Å². The number of carboxylic acids is 1. The van der Waals surface area contributed by atoms with Crippen molar-refractivity contribution in [3.05, 3.63) is 0 Å². The summed E-state index contributed by atoms with van der Waals surface area (Å²) in [6.07, 6.45) is 3.39. The Labute approximate surface area is 123 Å². The number of hydrogen-bond acceptors (Lipinski definition) is 4. The van der Waals surface area contributed by atoms with Gasteiger partial charge in [-0.15, -0.1) is 0 Å². The fourth-order valence-corrected chi connectivity index (χ4v) is 1.97. The fraction of sp³-hybridized carbons (Fsp3) is 0.769. The van der Waals surface area contributed by atoms with Crippen molar-refractivity contribution in [2.75, 3.05) is 26.2 Å². The lowest BCUT2D eigenvalue weighted by molar-refractivity contribution is -0.155. The van der Waals surface area contributed by atoms with Crippen LogP contribution in [0.3, 0.4) is 0 Å². The van der Waals surface area contributed by atoms with Crippen LogP contribution in [-0.2, 0) is 9.59 Å². The normalized spacial score (nSPS) is 17.7. The van der Waals surface area contributed by atoms with Crippen molar-refractivity contribution in [3.8, 4) is 0 Å². The van der Waals surface area contributed by atoms with Crippen molar-refractivity contribution in [3.63, 3.8) is 0 Å². The summed E-state index contributed by atoms with van der Waals surface area (Å²) >= 11 is 0. The standard InChI is InChI=1S/C13H23N3O5/c1-13(21,11(18)19)9-15-12(20)14-6-5-10(17)16-7-3-2-4-8-16/h21H,2-9H2,1H3,(H,18,19)(H2,14,15,20). The van der Waals surface area contributed by atoms with Gasteiger partial charge in [0.15, 0.2) is 5.60 Å². The van der Waals surface area contributed by atoms with Gasteiger partial charge in [-0.25, -0.2) is 9.59 Å². The molecular formula is C13H23N3O5. The number of piperidine rings is 1. The Morgan fingerprint density at radius 1 is 1.14 bits per heavy atom. The molecule has 21 heavy (non-hydrogen) atoms. The quantitative estimate of drug-likeness (QED) is 0.528. The number of nitrogens with zero attached hydrogens (tertiary/aromatic N) is 1. The van der Waals surface area contributed by atoms with E-state index in [1.54, 1.807) is 4.90 Å². The highest BCUT2D eigenvalue weighted by molar-refractivity contribution is 5.80. The van der Waals surface area contributed by atoms with E-state index in [2.05, 4.69) is 10.6 Å². The topological polar surface area (TPSA) is 119 Å². The summed E-state index contributed by atoms with van der Waals surface area (Å²) in [6, 6.07) is -0.608. The molecule has 3 amide bonds. The molecule has 1 atom stereocenters. The molecule has 0 saturated carbocycles. The van der Waals surface area contributed by atoms with Gasteiger partial charge < -0.3 is 25.7 Å². The number of likely N-dealkylation sites (tertiary alicyclic amines) is 1. The number of amides is 3. The molecular weight excluding hydrogens is 278 g/mol. The first-order chi connectivity index (χ1) is 9.83. The van der Waals surface area contributed by atoms with Crippen LogP contribution in [0.5, 0.6) is 0 Å². The Bertz CT molecular complexity index is 391. The Morgan fingerprint density at radius 2 is 1.76 bits per heavy atom. The molecule has 0 bridgehead atoms. The summed E-state index contributed by atoms with van der Waals surface area (Å²) in [4.78, 5) is 35.7. The average Bonchev–Trinajstić information content (AvgIpc) is 2.46. The van der Waals surface area contributed by atoms with Gasteiger partial charge in [-0.05, 0) is 26.2 Å². The predicted molar refractivity (Wildman–Crippen MR) is 74.7 cm³/mol. The number of urea groups is 1. The Kier molecular flexibility index (Phi) is 6.41. The molecule has 0 aromatic carbocycles. The third-order valence-electron chi connectivity index (χ3n) is 3.39. The van der Waals surface area contributed by atoms with E-state index in [1.807, 2.05) is 0 Å². The van der Waals surface area contributed by atoms with Crippen LogP contribution in [-0.4, -0.2) is 64.8 Å². The monoisotopic (exact) mass is 301 g/mol. The number of carboxylic acid groups (broad SMARTS) is 1. The Morgan fingerprint density at radius 3 is 2.33 bits per heavy atom. The lowest BCUT2D eigenvalue weighted by Gasteiger charge is -2.26. The third-order valence-corrected chi connectivity index (χ3v) is 3.39. The minimum Gasteiger partial charge on any atom is -0.479 e. The molecule has 0 radical (unpaired) electrons. The molecule has 8 nitrogen and oxygen atoms in total. The average molecular weight is 301 g/mol. The van der Waals surface area contributed by atoms with E-state index in [-0.39, 0.29) is 18.9 Å². The van der Waals surface area contributed by atoms with Gasteiger partial charge in [0.1, 0.15) is 0 Å². The number of rotatable bonds is 6. The van der Waals surface area contributed by atoms with E-state index in [4.69, 9.17) is 5.11 Å². The first-order valence-electron chi connectivity index (χ1n) is 7.08. The second kappa shape index (κ2) is 7.82. The first kappa shape index (κ1) is 17.2. The zero-order valence-corrected chi connectivity index (χ0v) is 12.2. The van der Waals surface area contributed by atoms with E-state index in [1.165, 1.54) is 0 Å². The minimum absolute atomic E-state index is 0.00697. The highest BCUT2D eigenvalue weighted by Gasteiger charge is 2.30. The maximum atomic E-state index is 11.8. The van der Waals surface area contributed by atoms with Crippen molar-refractivity contribution in [2.45, 2.75) is 38.2 Å². The van der Waals surface area contributed by atoms with Crippen molar-refractivity contribution in [2.24, 2.45) is 0 Å². The highest BCUT2D eigenvalue weighted by atomic mass is 16.4. The summed E-state index contributed by atoms with van der Waals surface area (Å²) in [6.45, 7) is 2.40. The van der Waals surface area contributed by atoms with Crippen molar-refractivity contribution in [1.82, 2.24) is 15.5 Å². The van der Waals surface area contributed by atoms with Gasteiger partial charge in [-0.3, -0.25) is 4.79 Å². The molecule has 1 aliphatic heterocycles. The molecule has 0 spiro atoms. The minimum atomic E-state index is -2.01. The van der Waals surface area contributed by atoms with Crippen molar-refractivity contribution >= 4 is 17.9 Å². The number of aliphatic hydroxyl groups is 1. The van der Waals surface area contributed by atoms with Crippen LogP contribution < -0.4 is 10.6 Å². The molecule has 1 rings (SSSR count). The first-order valence-corrected chi connectivity index (χ1v) is 7.08. The van der Waals surface area contributed by atoms with E-state index in [0.717, 1.165) is 39.3 Å². The predicted octanol–water partition coefficient (Wildman–Crippen LogP) is -0.476. The highest BCUT2D eigenvalue weighted by Crippen LogP contribution is 2.09. The SMILES string of the molecule is CC(O)(CNC(=O)NCCC(=O)N1CCCCC1)C(=O)O. The zero-order valence-electron chi connectivity index (χ0n) is 12.2. The molecule has 1 saturated heterocycles. The van der Waals surface area contributed by atoms with Crippen LogP contribution in [0.1, 0.15) is 32.6 Å². The summed E-state index contributed by atoms with van der Waals surface area (Å²) in [5.41, 5.74) is -2.01. The van der Waals surface area contributed by atoms with Crippen molar-refractivity contribution in [1.29, 1.82) is 0 Å². The van der Waals surface area contributed by atoms with Gasteiger partial charge in [0.2, 0.25) is 5.91 Å². The second-order valence-corrected chi connectivity index (χ2v) is 5.38. The van der Waals surface area contributed by atoms with Crippen LogP contribution in [0.25, 0.3) is 0 Å². The Balaban J connectivity index is 2.18. The van der Waals surface area contributed by atoms with Gasteiger partial charge in [-0.2, -0.15) is 0 Å². The third kappa shape index (κ3) is 5.99. The number of carbonyl (C=O) groups excluding carboxylic acids is 2. The van der Waals surface area contributed by atoms with Crippen LogP contribution >= 0.6 is 0 Å². The van der Waals surface area contributed by atoms with Gasteiger partial charge in [0.05, 0.1) is 6.54 Å². The molecule has 120 valence electrons. The molecule has 0 aromatic heterocycles. The summed E-state index contributed by atoms with van der Waals surface area (Å²) < 4.78 is 0. The van der Waals surface area contributed by atoms with Crippen LogP contribution in [0.4, 0.5) is 4.79 Å². The largest absolute Gasteiger partial charge is 0.479 e. The molecule has 1 unspecified atom stereocenters. The lowest BCUT2D eigenvalue weighted by Crippen LogP contribution is -2.49. The maximum Gasteiger partial charge on any atom is 0.337 e. The lowest BCUT2D eigenvalue weighted by atomic mass is 10.1. The summed E-state index contributed by atoms with van der Waals surface area (Å²) in [7, 11) is 0. The van der Waals surface area contributed by atoms with Gasteiger partial charge in [0.25, 0.3) is 0 Å². The van der Waals surface area contributed by atoms with E-state index < -0.39 is 24.1 Å². The molecule has 4 N–H and O–H groups in total. The van der Waals surface area contributed by atoms with Crippen LogP contribution in [0.15, 0.2) is 0 Å². The van der Waals surface area contributed by atoms with Gasteiger partial charge >= 0.3 is 12.0 Å². The number of aliphatic carboxylic acids is 1.